The molecule has 0 bridgehead atoms. The molecule has 0 spiro atoms. The van der Waals surface area contributed by atoms with Gasteiger partial charge < -0.3 is 14.7 Å². The Balaban J connectivity index is 1.57. The third-order valence-corrected chi connectivity index (χ3v) is 4.94. The lowest BCUT2D eigenvalue weighted by molar-refractivity contribution is 0.0988. The fourth-order valence-corrected chi connectivity index (χ4v) is 3.75. The highest BCUT2D eigenvalue weighted by atomic mass is 32.1. The molecule has 0 atom stereocenters. The zero-order chi connectivity index (χ0) is 15.8. The fourth-order valence-electron chi connectivity index (χ4n) is 2.70. The molecule has 7 heteroatoms. The number of hydrogen-bond donors (Lipinski definition) is 1. The third kappa shape index (κ3) is 2.79. The van der Waals surface area contributed by atoms with Crippen molar-refractivity contribution >= 4 is 38.3 Å². The zero-order valence-corrected chi connectivity index (χ0v) is 13.5. The van der Waals surface area contributed by atoms with Gasteiger partial charge in [0.15, 0.2) is 5.13 Å². The number of carbonyl (C=O) groups is 1. The summed E-state index contributed by atoms with van der Waals surface area (Å²) in [5.41, 5.74) is 2.38. The number of nitrogens with one attached hydrogen (secondary N) is 1. The van der Waals surface area contributed by atoms with Crippen LogP contribution in [-0.4, -0.2) is 29.1 Å². The van der Waals surface area contributed by atoms with E-state index in [0.717, 1.165) is 34.1 Å². The molecule has 1 N–H and O–H groups in total. The van der Waals surface area contributed by atoms with E-state index in [-0.39, 0.29) is 11.7 Å². The molecule has 1 aliphatic heterocycles. The van der Waals surface area contributed by atoms with Crippen molar-refractivity contribution in [2.45, 2.75) is 19.8 Å². The predicted octanol–water partition coefficient (Wildman–Crippen LogP) is 3.45. The lowest BCUT2D eigenvalue weighted by Gasteiger charge is -2.11. The predicted molar refractivity (Wildman–Crippen MR) is 90.3 cm³/mol. The molecule has 3 aromatic rings. The molecule has 1 aromatic carbocycles. The average molecular weight is 328 g/mol. The number of anilines is 2. The van der Waals surface area contributed by atoms with E-state index in [1.54, 1.807) is 24.3 Å². The fraction of sp³-hybridized carbons (Fsp3) is 0.312. The largest absolute Gasteiger partial charge is 0.351 e. The van der Waals surface area contributed by atoms with E-state index in [4.69, 9.17) is 4.52 Å². The Bertz CT molecular complexity index is 864. The maximum Gasteiger partial charge on any atom is 0.294 e. The lowest BCUT2D eigenvalue weighted by Crippen LogP contribution is -2.16. The third-order valence-electron chi connectivity index (χ3n) is 3.86. The van der Waals surface area contributed by atoms with E-state index in [1.165, 1.54) is 12.8 Å². The van der Waals surface area contributed by atoms with Gasteiger partial charge in [0, 0.05) is 24.8 Å². The Morgan fingerprint density at radius 1 is 1.30 bits per heavy atom. The molecule has 4 rings (SSSR count). The molecule has 0 radical (unpaired) electrons. The molecule has 1 aliphatic rings. The van der Waals surface area contributed by atoms with Crippen LogP contribution < -0.4 is 10.2 Å². The lowest BCUT2D eigenvalue weighted by atomic mass is 10.3. The SMILES string of the molecule is Cc1cc(C(=O)Nc2ccc3nc(N4CCCC4)sc3c2)on1. The van der Waals surface area contributed by atoms with Crippen molar-refractivity contribution < 1.29 is 9.32 Å². The Labute approximate surface area is 137 Å². The van der Waals surface area contributed by atoms with Gasteiger partial charge in [0.25, 0.3) is 5.91 Å². The molecule has 0 aliphatic carbocycles. The summed E-state index contributed by atoms with van der Waals surface area (Å²) in [6.45, 7) is 3.94. The number of nitrogens with zero attached hydrogens (tertiary/aromatic N) is 3. The van der Waals surface area contributed by atoms with Crippen molar-refractivity contribution in [2.75, 3.05) is 23.3 Å². The van der Waals surface area contributed by atoms with Gasteiger partial charge in [-0.15, -0.1) is 0 Å². The van der Waals surface area contributed by atoms with Gasteiger partial charge in [-0.05, 0) is 38.0 Å². The second-order valence-electron chi connectivity index (χ2n) is 5.66. The van der Waals surface area contributed by atoms with Crippen molar-refractivity contribution in [3.63, 3.8) is 0 Å². The molecule has 1 amide bonds. The van der Waals surface area contributed by atoms with Crippen LogP contribution >= 0.6 is 11.3 Å². The summed E-state index contributed by atoms with van der Waals surface area (Å²) >= 11 is 1.66. The van der Waals surface area contributed by atoms with Crippen molar-refractivity contribution in [3.8, 4) is 0 Å². The van der Waals surface area contributed by atoms with E-state index < -0.39 is 0 Å². The van der Waals surface area contributed by atoms with Crippen LogP contribution in [-0.2, 0) is 0 Å². The number of aromatic nitrogens is 2. The van der Waals surface area contributed by atoms with Crippen LogP contribution in [0.2, 0.25) is 0 Å². The Kier molecular flexibility index (Phi) is 3.49. The number of thiazole rings is 1. The van der Waals surface area contributed by atoms with Crippen molar-refractivity contribution in [3.05, 3.63) is 35.7 Å². The quantitative estimate of drug-likeness (QED) is 0.797. The number of amides is 1. The first kappa shape index (κ1) is 14.2. The number of benzene rings is 1. The zero-order valence-electron chi connectivity index (χ0n) is 12.7. The molecule has 6 nitrogen and oxygen atoms in total. The average Bonchev–Trinajstić information content (AvgIpc) is 3.26. The summed E-state index contributed by atoms with van der Waals surface area (Å²) < 4.78 is 6.05. The van der Waals surface area contributed by atoms with Crippen LogP contribution in [0.1, 0.15) is 29.1 Å². The number of rotatable bonds is 3. The monoisotopic (exact) mass is 328 g/mol. The first-order valence-corrected chi connectivity index (χ1v) is 8.41. The summed E-state index contributed by atoms with van der Waals surface area (Å²) in [7, 11) is 0. The number of aryl methyl sites for hydroxylation is 1. The highest BCUT2D eigenvalue weighted by Gasteiger charge is 2.17. The highest BCUT2D eigenvalue weighted by molar-refractivity contribution is 7.22. The van der Waals surface area contributed by atoms with Gasteiger partial charge in [-0.3, -0.25) is 4.79 Å². The van der Waals surface area contributed by atoms with Gasteiger partial charge in [0.05, 0.1) is 15.9 Å². The first-order valence-electron chi connectivity index (χ1n) is 7.59. The Morgan fingerprint density at radius 3 is 2.87 bits per heavy atom. The summed E-state index contributed by atoms with van der Waals surface area (Å²) in [6, 6.07) is 7.36. The molecule has 118 valence electrons. The first-order chi connectivity index (χ1) is 11.2. The van der Waals surface area contributed by atoms with Gasteiger partial charge in [0.1, 0.15) is 0 Å². The molecule has 0 unspecified atom stereocenters. The summed E-state index contributed by atoms with van der Waals surface area (Å²) in [4.78, 5) is 19.1. The van der Waals surface area contributed by atoms with Crippen LogP contribution in [0.5, 0.6) is 0 Å². The van der Waals surface area contributed by atoms with E-state index in [2.05, 4.69) is 20.4 Å². The molecule has 2 aromatic heterocycles. The Hall–Kier alpha value is -2.41. The minimum absolute atomic E-state index is 0.213. The van der Waals surface area contributed by atoms with E-state index >= 15 is 0 Å². The van der Waals surface area contributed by atoms with Crippen LogP contribution in [0.15, 0.2) is 28.8 Å². The molecule has 23 heavy (non-hydrogen) atoms. The normalized spacial score (nSPS) is 14.6. The maximum atomic E-state index is 12.1. The highest BCUT2D eigenvalue weighted by Crippen LogP contribution is 2.32. The van der Waals surface area contributed by atoms with Crippen molar-refractivity contribution in [2.24, 2.45) is 0 Å². The number of hydrogen-bond acceptors (Lipinski definition) is 6. The standard InChI is InChI=1S/C16H16N4O2S/c1-10-8-13(22-19-10)15(21)17-11-4-5-12-14(9-11)23-16(18-12)20-6-2-3-7-20/h4-5,8-9H,2-3,6-7H2,1H3,(H,17,21). The number of carbonyl (C=O) groups excluding carboxylic acids is 1. The topological polar surface area (TPSA) is 71.3 Å². The molecule has 1 saturated heterocycles. The van der Waals surface area contributed by atoms with E-state index in [9.17, 15) is 4.79 Å². The second-order valence-corrected chi connectivity index (χ2v) is 6.67. The molecule has 3 heterocycles. The maximum absolute atomic E-state index is 12.1. The van der Waals surface area contributed by atoms with Crippen molar-refractivity contribution in [1.82, 2.24) is 10.1 Å². The van der Waals surface area contributed by atoms with Crippen LogP contribution in [0, 0.1) is 6.92 Å². The van der Waals surface area contributed by atoms with Gasteiger partial charge >= 0.3 is 0 Å². The van der Waals surface area contributed by atoms with E-state index in [1.807, 2.05) is 18.2 Å². The molecular weight excluding hydrogens is 312 g/mol. The van der Waals surface area contributed by atoms with Crippen LogP contribution in [0.3, 0.4) is 0 Å². The van der Waals surface area contributed by atoms with Gasteiger partial charge in [-0.25, -0.2) is 4.98 Å². The smallest absolute Gasteiger partial charge is 0.294 e. The molecule has 0 saturated carbocycles. The van der Waals surface area contributed by atoms with Gasteiger partial charge in [-0.1, -0.05) is 16.5 Å². The molecule has 1 fully saturated rings. The summed E-state index contributed by atoms with van der Waals surface area (Å²) in [5.74, 6) is -0.0844. The molecular formula is C16H16N4O2S. The second kappa shape index (κ2) is 5.66. The Morgan fingerprint density at radius 2 is 2.13 bits per heavy atom. The number of fused-ring (bicyclic) bond motifs is 1. The summed E-state index contributed by atoms with van der Waals surface area (Å²) in [5, 5.41) is 7.62. The minimum atomic E-state index is -0.297. The van der Waals surface area contributed by atoms with Crippen molar-refractivity contribution in [1.29, 1.82) is 0 Å². The van der Waals surface area contributed by atoms with Crippen LogP contribution in [0.4, 0.5) is 10.8 Å². The summed E-state index contributed by atoms with van der Waals surface area (Å²) in [6.07, 6.45) is 2.46. The van der Waals surface area contributed by atoms with Crippen LogP contribution in [0.25, 0.3) is 10.2 Å². The van der Waals surface area contributed by atoms with E-state index in [0.29, 0.717) is 5.69 Å². The van der Waals surface area contributed by atoms with Gasteiger partial charge in [-0.2, -0.15) is 0 Å². The van der Waals surface area contributed by atoms with Gasteiger partial charge in [0.2, 0.25) is 5.76 Å². The minimum Gasteiger partial charge on any atom is -0.351 e.